The largest absolute Gasteiger partial charge is 0.478 e. The number of fused-ring (bicyclic) bond motifs is 1. The van der Waals surface area contributed by atoms with Crippen LogP contribution in [0.5, 0.6) is 0 Å². The average Bonchev–Trinajstić information content (AvgIpc) is 3.44. The van der Waals surface area contributed by atoms with Crippen molar-refractivity contribution in [2.75, 3.05) is 0 Å². The summed E-state index contributed by atoms with van der Waals surface area (Å²) in [5, 5.41) is 11.2. The summed E-state index contributed by atoms with van der Waals surface area (Å²) in [5.74, 6) is -1.17. The van der Waals surface area contributed by atoms with Crippen LogP contribution in [0.1, 0.15) is 23.2 Å². The van der Waals surface area contributed by atoms with Crippen molar-refractivity contribution in [3.63, 3.8) is 0 Å². The first-order valence-corrected chi connectivity index (χ1v) is 9.66. The Morgan fingerprint density at radius 3 is 2.69 bits per heavy atom. The lowest BCUT2D eigenvalue weighted by Crippen LogP contribution is -2.26. The van der Waals surface area contributed by atoms with Crippen LogP contribution < -0.4 is 4.72 Å². The number of carbonyl (C=O) groups is 1. The van der Waals surface area contributed by atoms with E-state index in [0.29, 0.717) is 5.56 Å². The van der Waals surface area contributed by atoms with E-state index in [4.69, 9.17) is 0 Å². The Morgan fingerprint density at radius 1 is 1.15 bits per heavy atom. The molecule has 1 aromatic heterocycles. The summed E-state index contributed by atoms with van der Waals surface area (Å²) in [6, 6.07) is 11.6. The van der Waals surface area contributed by atoms with Crippen molar-refractivity contribution in [2.45, 2.75) is 23.8 Å². The Kier molecular flexibility index (Phi) is 3.97. The summed E-state index contributed by atoms with van der Waals surface area (Å²) in [6.07, 6.45) is 4.98. The molecule has 3 aromatic rings. The molecule has 0 spiro atoms. The van der Waals surface area contributed by atoms with E-state index in [1.165, 1.54) is 18.2 Å². The third-order valence-electron chi connectivity index (χ3n) is 4.35. The first-order valence-electron chi connectivity index (χ1n) is 8.18. The molecule has 1 aliphatic rings. The van der Waals surface area contributed by atoms with Crippen molar-refractivity contribution < 1.29 is 18.3 Å². The van der Waals surface area contributed by atoms with Crippen LogP contribution in [-0.2, 0) is 10.0 Å². The number of carboxylic acid groups (broad SMARTS) is 1. The zero-order valence-electron chi connectivity index (χ0n) is 13.7. The highest BCUT2D eigenvalue weighted by Crippen LogP contribution is 2.31. The fraction of sp³-hybridized carbons (Fsp3) is 0.158. The predicted octanol–water partition coefficient (Wildman–Crippen LogP) is 3.04. The number of nitrogens with zero attached hydrogens (tertiary/aromatic N) is 1. The van der Waals surface area contributed by atoms with E-state index in [-0.39, 0.29) is 16.5 Å². The van der Waals surface area contributed by atoms with Gasteiger partial charge in [0, 0.05) is 23.8 Å². The molecular weight excluding hydrogens is 352 g/mol. The molecule has 2 aromatic carbocycles. The van der Waals surface area contributed by atoms with Crippen LogP contribution in [0.4, 0.5) is 0 Å². The molecule has 26 heavy (non-hydrogen) atoms. The summed E-state index contributed by atoms with van der Waals surface area (Å²) in [5.41, 5.74) is 1.23. The van der Waals surface area contributed by atoms with Crippen molar-refractivity contribution >= 4 is 26.8 Å². The number of carboxylic acids is 1. The number of benzene rings is 2. The molecule has 1 saturated carbocycles. The SMILES string of the molecule is O=C(O)c1cc(-c2cccc3cnccc23)cc(S(=O)(=O)NC2CC2)c1. The van der Waals surface area contributed by atoms with Crippen LogP contribution in [0, 0.1) is 0 Å². The molecule has 1 heterocycles. The molecule has 0 bridgehead atoms. The van der Waals surface area contributed by atoms with Gasteiger partial charge in [0.15, 0.2) is 0 Å². The molecule has 132 valence electrons. The highest BCUT2D eigenvalue weighted by atomic mass is 32.2. The van der Waals surface area contributed by atoms with Crippen LogP contribution >= 0.6 is 0 Å². The van der Waals surface area contributed by atoms with Crippen molar-refractivity contribution in [1.29, 1.82) is 0 Å². The summed E-state index contributed by atoms with van der Waals surface area (Å²) in [6.45, 7) is 0. The number of pyridine rings is 1. The normalized spacial score (nSPS) is 14.5. The third kappa shape index (κ3) is 3.18. The highest BCUT2D eigenvalue weighted by Gasteiger charge is 2.28. The monoisotopic (exact) mass is 368 g/mol. The summed E-state index contributed by atoms with van der Waals surface area (Å²) in [7, 11) is -3.76. The Labute approximate surface area is 150 Å². The van der Waals surface area contributed by atoms with Gasteiger partial charge < -0.3 is 5.11 Å². The van der Waals surface area contributed by atoms with E-state index in [2.05, 4.69) is 9.71 Å². The second-order valence-corrected chi connectivity index (χ2v) is 8.06. The van der Waals surface area contributed by atoms with E-state index in [0.717, 1.165) is 29.2 Å². The molecule has 2 N–H and O–H groups in total. The predicted molar refractivity (Wildman–Crippen MR) is 97.5 cm³/mol. The topological polar surface area (TPSA) is 96.4 Å². The summed E-state index contributed by atoms with van der Waals surface area (Å²) >= 11 is 0. The Hall–Kier alpha value is -2.77. The van der Waals surface area contributed by atoms with Gasteiger partial charge >= 0.3 is 5.97 Å². The van der Waals surface area contributed by atoms with Crippen LogP contribution in [0.25, 0.3) is 21.9 Å². The second-order valence-electron chi connectivity index (χ2n) is 6.35. The maximum Gasteiger partial charge on any atom is 0.335 e. The molecule has 0 aliphatic heterocycles. The number of aromatic nitrogens is 1. The molecule has 0 radical (unpaired) electrons. The molecule has 0 saturated heterocycles. The number of rotatable bonds is 5. The lowest BCUT2D eigenvalue weighted by Gasteiger charge is -2.11. The number of nitrogens with one attached hydrogen (secondary N) is 1. The van der Waals surface area contributed by atoms with Crippen LogP contribution in [0.15, 0.2) is 59.8 Å². The smallest absolute Gasteiger partial charge is 0.335 e. The molecule has 1 aliphatic carbocycles. The maximum absolute atomic E-state index is 12.6. The van der Waals surface area contributed by atoms with Gasteiger partial charge in [-0.1, -0.05) is 18.2 Å². The summed E-state index contributed by atoms with van der Waals surface area (Å²) in [4.78, 5) is 15.6. The van der Waals surface area contributed by atoms with E-state index >= 15 is 0 Å². The van der Waals surface area contributed by atoms with Gasteiger partial charge in [-0.15, -0.1) is 0 Å². The molecule has 0 atom stereocenters. The van der Waals surface area contributed by atoms with Crippen molar-refractivity contribution in [2.24, 2.45) is 0 Å². The third-order valence-corrected chi connectivity index (χ3v) is 5.85. The van der Waals surface area contributed by atoms with Crippen molar-refractivity contribution in [3.8, 4) is 11.1 Å². The molecule has 7 heteroatoms. The van der Waals surface area contributed by atoms with E-state index < -0.39 is 16.0 Å². The van der Waals surface area contributed by atoms with Crippen LogP contribution in [-0.4, -0.2) is 30.5 Å². The van der Waals surface area contributed by atoms with Crippen LogP contribution in [0.2, 0.25) is 0 Å². The molecular formula is C19H16N2O4S. The van der Waals surface area contributed by atoms with Crippen LogP contribution in [0.3, 0.4) is 0 Å². The van der Waals surface area contributed by atoms with Gasteiger partial charge in [0.25, 0.3) is 0 Å². The first kappa shape index (κ1) is 16.7. The zero-order valence-corrected chi connectivity index (χ0v) is 14.5. The fourth-order valence-corrected chi connectivity index (χ4v) is 4.27. The van der Waals surface area contributed by atoms with Gasteiger partial charge in [0.05, 0.1) is 10.5 Å². The molecule has 0 amide bonds. The van der Waals surface area contributed by atoms with E-state index in [1.807, 2.05) is 24.3 Å². The van der Waals surface area contributed by atoms with Crippen molar-refractivity contribution in [1.82, 2.24) is 9.71 Å². The maximum atomic E-state index is 12.6. The van der Waals surface area contributed by atoms with Crippen molar-refractivity contribution in [3.05, 3.63) is 60.4 Å². The lowest BCUT2D eigenvalue weighted by molar-refractivity contribution is 0.0696. The van der Waals surface area contributed by atoms with Gasteiger partial charge in [-0.25, -0.2) is 17.9 Å². The quantitative estimate of drug-likeness (QED) is 0.721. The van der Waals surface area contributed by atoms with Gasteiger partial charge in [0.1, 0.15) is 0 Å². The van der Waals surface area contributed by atoms with Gasteiger partial charge in [-0.05, 0) is 53.6 Å². The lowest BCUT2D eigenvalue weighted by atomic mass is 9.98. The molecule has 0 unspecified atom stereocenters. The van der Waals surface area contributed by atoms with Gasteiger partial charge in [-0.2, -0.15) is 0 Å². The number of aromatic carboxylic acids is 1. The average molecular weight is 368 g/mol. The Morgan fingerprint density at radius 2 is 1.96 bits per heavy atom. The van der Waals surface area contributed by atoms with Gasteiger partial charge in [-0.3, -0.25) is 4.98 Å². The first-order chi connectivity index (χ1) is 12.4. The van der Waals surface area contributed by atoms with Gasteiger partial charge in [0.2, 0.25) is 10.0 Å². The summed E-state index contributed by atoms with van der Waals surface area (Å²) < 4.78 is 27.8. The molecule has 6 nitrogen and oxygen atoms in total. The Balaban J connectivity index is 1.92. The molecule has 4 rings (SSSR count). The highest BCUT2D eigenvalue weighted by molar-refractivity contribution is 7.89. The zero-order chi connectivity index (χ0) is 18.3. The number of hydrogen-bond donors (Lipinski definition) is 2. The molecule has 1 fully saturated rings. The number of hydrogen-bond acceptors (Lipinski definition) is 4. The Bertz CT molecular complexity index is 1120. The fourth-order valence-electron chi connectivity index (χ4n) is 2.90. The minimum absolute atomic E-state index is 0.0367. The minimum Gasteiger partial charge on any atom is -0.478 e. The van der Waals surface area contributed by atoms with E-state index in [9.17, 15) is 18.3 Å². The number of sulfonamides is 1. The van der Waals surface area contributed by atoms with E-state index in [1.54, 1.807) is 12.4 Å². The standard InChI is InChI=1S/C19H16N2O4S/c22-19(23)14-8-13(9-16(10-14)26(24,25)21-15-4-5-15)17-3-1-2-12-11-20-7-6-18(12)17/h1-3,6-11,15,21H,4-5H2,(H,22,23). The minimum atomic E-state index is -3.76. The second kappa shape index (κ2) is 6.19.